The summed E-state index contributed by atoms with van der Waals surface area (Å²) < 4.78 is 5.83. The van der Waals surface area contributed by atoms with E-state index in [-0.39, 0.29) is 0 Å². The van der Waals surface area contributed by atoms with Crippen LogP contribution in [0.2, 0.25) is 0 Å². The number of nitrogens with two attached hydrogens (primary N) is 1. The van der Waals surface area contributed by atoms with Crippen molar-refractivity contribution in [2.45, 2.75) is 20.0 Å². The van der Waals surface area contributed by atoms with Gasteiger partial charge in [-0.25, -0.2) is 4.98 Å². The third-order valence-corrected chi connectivity index (χ3v) is 4.55. The summed E-state index contributed by atoms with van der Waals surface area (Å²) in [6, 6.07) is 14.5. The van der Waals surface area contributed by atoms with Gasteiger partial charge in [-0.3, -0.25) is 4.90 Å². The van der Waals surface area contributed by atoms with E-state index in [1.165, 1.54) is 5.56 Å². The van der Waals surface area contributed by atoms with Gasteiger partial charge in [0.25, 0.3) is 0 Å². The van der Waals surface area contributed by atoms with Crippen LogP contribution in [-0.2, 0) is 13.1 Å². The molecule has 0 unspecified atom stereocenters. The number of rotatable bonds is 7. The first-order valence-corrected chi connectivity index (χ1v) is 8.61. The Balaban J connectivity index is 1.75. The number of benzene rings is 1. The second kappa shape index (κ2) is 7.55. The molecule has 0 amide bonds. The fourth-order valence-electron chi connectivity index (χ4n) is 2.53. The highest BCUT2D eigenvalue weighted by atomic mass is 32.1. The third kappa shape index (κ3) is 4.07. The average molecular weight is 327 g/mol. The first-order valence-electron chi connectivity index (χ1n) is 7.73. The van der Waals surface area contributed by atoms with Crippen LogP contribution in [0, 0.1) is 6.92 Å². The first-order chi connectivity index (χ1) is 11.3. The van der Waals surface area contributed by atoms with Gasteiger partial charge in [-0.2, -0.15) is 0 Å². The number of thiophene rings is 1. The SMILES string of the molecule is Cc1oc(-c2cccs2)nc1CN(CCN)Cc1ccccc1. The standard InChI is InChI=1S/C18H21N3OS/c1-14-16(20-18(22-14)17-8-5-11-23-17)13-21(10-9-19)12-15-6-3-2-4-7-15/h2-8,11H,9-10,12-13,19H2,1H3. The lowest BCUT2D eigenvalue weighted by molar-refractivity contribution is 0.260. The number of aromatic nitrogens is 1. The molecule has 2 heterocycles. The summed E-state index contributed by atoms with van der Waals surface area (Å²) in [7, 11) is 0. The molecule has 4 nitrogen and oxygen atoms in total. The number of oxazole rings is 1. The molecule has 1 aromatic carbocycles. The van der Waals surface area contributed by atoms with E-state index in [1.54, 1.807) is 11.3 Å². The van der Waals surface area contributed by atoms with Crippen molar-refractivity contribution < 1.29 is 4.42 Å². The highest BCUT2D eigenvalue weighted by Crippen LogP contribution is 2.26. The van der Waals surface area contributed by atoms with Gasteiger partial charge in [0.05, 0.1) is 10.6 Å². The molecule has 5 heteroatoms. The Bertz CT molecular complexity index is 722. The molecule has 3 rings (SSSR count). The van der Waals surface area contributed by atoms with E-state index in [0.29, 0.717) is 12.4 Å². The fourth-order valence-corrected chi connectivity index (χ4v) is 3.18. The Kier molecular flexibility index (Phi) is 5.23. The van der Waals surface area contributed by atoms with E-state index in [2.05, 4.69) is 34.1 Å². The van der Waals surface area contributed by atoms with Gasteiger partial charge >= 0.3 is 0 Å². The predicted octanol–water partition coefficient (Wildman–Crippen LogP) is 3.67. The summed E-state index contributed by atoms with van der Waals surface area (Å²) in [6.45, 7) is 5.03. The molecule has 0 aliphatic heterocycles. The minimum Gasteiger partial charge on any atom is -0.440 e. The summed E-state index contributed by atoms with van der Waals surface area (Å²) in [6.07, 6.45) is 0. The molecule has 0 saturated carbocycles. The van der Waals surface area contributed by atoms with Crippen LogP contribution in [0.1, 0.15) is 17.0 Å². The third-order valence-electron chi connectivity index (χ3n) is 3.69. The zero-order valence-electron chi connectivity index (χ0n) is 13.2. The summed E-state index contributed by atoms with van der Waals surface area (Å²) >= 11 is 1.64. The van der Waals surface area contributed by atoms with Gasteiger partial charge in [-0.05, 0) is 23.9 Å². The molecule has 23 heavy (non-hydrogen) atoms. The summed E-state index contributed by atoms with van der Waals surface area (Å²) in [5, 5.41) is 2.03. The highest BCUT2D eigenvalue weighted by molar-refractivity contribution is 7.13. The summed E-state index contributed by atoms with van der Waals surface area (Å²) in [5.41, 5.74) is 8.04. The van der Waals surface area contributed by atoms with Crippen LogP contribution >= 0.6 is 11.3 Å². The van der Waals surface area contributed by atoms with E-state index < -0.39 is 0 Å². The average Bonchev–Trinajstić information content (AvgIpc) is 3.19. The van der Waals surface area contributed by atoms with Gasteiger partial charge in [0.1, 0.15) is 5.76 Å². The second-order valence-electron chi connectivity index (χ2n) is 5.48. The Hall–Kier alpha value is -1.95. The molecule has 0 aliphatic rings. The molecule has 0 aliphatic carbocycles. The zero-order valence-corrected chi connectivity index (χ0v) is 14.1. The second-order valence-corrected chi connectivity index (χ2v) is 6.43. The molecule has 0 saturated heterocycles. The van der Waals surface area contributed by atoms with Crippen molar-refractivity contribution in [2.75, 3.05) is 13.1 Å². The molecule has 0 bridgehead atoms. The maximum atomic E-state index is 5.83. The number of aryl methyl sites for hydroxylation is 1. The Labute approximate surface area is 140 Å². The van der Waals surface area contributed by atoms with Gasteiger partial charge in [0.2, 0.25) is 5.89 Å². The van der Waals surface area contributed by atoms with Crippen LogP contribution in [0.15, 0.2) is 52.3 Å². The van der Waals surface area contributed by atoms with E-state index in [9.17, 15) is 0 Å². The topological polar surface area (TPSA) is 55.3 Å². The monoisotopic (exact) mass is 327 g/mol. The maximum Gasteiger partial charge on any atom is 0.236 e. The minimum atomic E-state index is 0.627. The molecule has 0 spiro atoms. The highest BCUT2D eigenvalue weighted by Gasteiger charge is 2.15. The molecule has 120 valence electrons. The van der Waals surface area contributed by atoms with Crippen molar-refractivity contribution in [3.05, 3.63) is 64.9 Å². The molecule has 2 N–H and O–H groups in total. The largest absolute Gasteiger partial charge is 0.440 e. The van der Waals surface area contributed by atoms with Crippen LogP contribution in [0.4, 0.5) is 0 Å². The van der Waals surface area contributed by atoms with Crippen molar-refractivity contribution in [2.24, 2.45) is 5.73 Å². The lowest BCUT2D eigenvalue weighted by Crippen LogP contribution is -2.29. The van der Waals surface area contributed by atoms with E-state index in [4.69, 9.17) is 10.2 Å². The van der Waals surface area contributed by atoms with Gasteiger partial charge in [0, 0.05) is 26.2 Å². The molecule has 0 atom stereocenters. The fraction of sp³-hybridized carbons (Fsp3) is 0.278. The number of hydrogen-bond acceptors (Lipinski definition) is 5. The molecule has 2 aromatic heterocycles. The number of hydrogen-bond donors (Lipinski definition) is 1. The summed E-state index contributed by atoms with van der Waals surface area (Å²) in [4.78, 5) is 8.04. The van der Waals surface area contributed by atoms with E-state index >= 15 is 0 Å². The van der Waals surface area contributed by atoms with Crippen molar-refractivity contribution in [1.82, 2.24) is 9.88 Å². The number of nitrogens with zero attached hydrogens (tertiary/aromatic N) is 2. The van der Waals surface area contributed by atoms with Crippen molar-refractivity contribution in [3.8, 4) is 10.8 Å². The quantitative estimate of drug-likeness (QED) is 0.719. The molecule has 0 radical (unpaired) electrons. The Morgan fingerprint density at radius 2 is 1.96 bits per heavy atom. The maximum absolute atomic E-state index is 5.83. The molecular formula is C18H21N3OS. The van der Waals surface area contributed by atoms with Gasteiger partial charge in [-0.1, -0.05) is 36.4 Å². The normalized spacial score (nSPS) is 11.3. The van der Waals surface area contributed by atoms with E-state index in [0.717, 1.165) is 36.0 Å². The molecule has 0 fully saturated rings. The lowest BCUT2D eigenvalue weighted by Gasteiger charge is -2.20. The lowest BCUT2D eigenvalue weighted by atomic mass is 10.2. The van der Waals surface area contributed by atoms with Crippen molar-refractivity contribution in [1.29, 1.82) is 0 Å². The van der Waals surface area contributed by atoms with Gasteiger partial charge in [-0.15, -0.1) is 11.3 Å². The van der Waals surface area contributed by atoms with Crippen LogP contribution < -0.4 is 5.73 Å². The van der Waals surface area contributed by atoms with Crippen LogP contribution in [0.5, 0.6) is 0 Å². The minimum absolute atomic E-state index is 0.627. The van der Waals surface area contributed by atoms with Gasteiger partial charge in [0.15, 0.2) is 0 Å². The molecular weight excluding hydrogens is 306 g/mol. The van der Waals surface area contributed by atoms with E-state index in [1.807, 2.05) is 30.5 Å². The van der Waals surface area contributed by atoms with Gasteiger partial charge < -0.3 is 10.2 Å². The Morgan fingerprint density at radius 1 is 1.13 bits per heavy atom. The molecule has 3 aromatic rings. The smallest absolute Gasteiger partial charge is 0.236 e. The van der Waals surface area contributed by atoms with Crippen molar-refractivity contribution in [3.63, 3.8) is 0 Å². The Morgan fingerprint density at radius 3 is 2.65 bits per heavy atom. The van der Waals surface area contributed by atoms with Crippen LogP contribution in [0.25, 0.3) is 10.8 Å². The predicted molar refractivity (Wildman–Crippen MR) is 94.2 cm³/mol. The first kappa shape index (κ1) is 15.9. The van der Waals surface area contributed by atoms with Crippen molar-refractivity contribution >= 4 is 11.3 Å². The summed E-state index contributed by atoms with van der Waals surface area (Å²) in [5.74, 6) is 1.59. The van der Waals surface area contributed by atoms with Crippen LogP contribution in [-0.4, -0.2) is 23.0 Å². The van der Waals surface area contributed by atoms with Crippen LogP contribution in [0.3, 0.4) is 0 Å². The zero-order chi connectivity index (χ0) is 16.1.